The van der Waals surface area contributed by atoms with E-state index in [-0.39, 0.29) is 15.6 Å². The van der Waals surface area contributed by atoms with Crippen LogP contribution in [0.5, 0.6) is 0 Å². The van der Waals surface area contributed by atoms with Crippen LogP contribution in [0.1, 0.15) is 19.6 Å². The maximum atomic E-state index is 12.1. The summed E-state index contributed by atoms with van der Waals surface area (Å²) in [6.07, 6.45) is 0. The van der Waals surface area contributed by atoms with E-state index >= 15 is 0 Å². The van der Waals surface area contributed by atoms with Gasteiger partial charge in [0.25, 0.3) is 0 Å². The average molecular weight is 355 g/mol. The molecule has 6 nitrogen and oxygen atoms in total. The van der Waals surface area contributed by atoms with Gasteiger partial charge >= 0.3 is 0 Å². The molecular weight excluding hydrogens is 336 g/mol. The minimum atomic E-state index is -3.61. The van der Waals surface area contributed by atoms with Gasteiger partial charge < -0.3 is 14.5 Å². The number of halogens is 1. The first-order chi connectivity index (χ1) is 8.90. The Morgan fingerprint density at radius 2 is 2.21 bits per heavy atom. The molecule has 0 aliphatic carbocycles. The van der Waals surface area contributed by atoms with Gasteiger partial charge in [0.05, 0.1) is 13.2 Å². The lowest BCUT2D eigenvalue weighted by molar-refractivity contribution is 0.180. The third-order valence-electron chi connectivity index (χ3n) is 2.32. The Hall–Kier alpha value is -0.410. The Morgan fingerprint density at radius 1 is 1.53 bits per heavy atom. The van der Waals surface area contributed by atoms with Crippen molar-refractivity contribution in [2.75, 3.05) is 20.3 Å². The van der Waals surface area contributed by atoms with Crippen molar-refractivity contribution in [3.05, 3.63) is 16.5 Å². The van der Waals surface area contributed by atoms with Crippen LogP contribution < -0.4 is 10.0 Å². The Balaban J connectivity index is 2.85. The standard InChI is InChI=1S/C11H19BrN2O4S/c1-4-13-6-9-5-10(11(12)18-9)19(15,16)14-8(2)7-17-3/h5,8,13-14H,4,6-7H2,1-3H3. The van der Waals surface area contributed by atoms with Crippen molar-refractivity contribution < 1.29 is 17.6 Å². The summed E-state index contributed by atoms with van der Waals surface area (Å²) in [5.74, 6) is 0.563. The smallest absolute Gasteiger partial charge is 0.245 e. The highest BCUT2D eigenvalue weighted by Gasteiger charge is 2.24. The predicted octanol–water partition coefficient (Wildman–Crippen LogP) is 1.46. The highest BCUT2D eigenvalue weighted by atomic mass is 79.9. The molecule has 0 saturated heterocycles. The molecular formula is C11H19BrN2O4S. The van der Waals surface area contributed by atoms with E-state index in [9.17, 15) is 8.42 Å². The molecule has 1 rings (SSSR count). The fraction of sp³-hybridized carbons (Fsp3) is 0.636. The van der Waals surface area contributed by atoms with Crippen molar-refractivity contribution in [1.29, 1.82) is 0 Å². The summed E-state index contributed by atoms with van der Waals surface area (Å²) in [7, 11) is -2.09. The van der Waals surface area contributed by atoms with E-state index < -0.39 is 10.0 Å². The Labute approximate surface area is 122 Å². The van der Waals surface area contributed by atoms with Crippen molar-refractivity contribution in [3.63, 3.8) is 0 Å². The monoisotopic (exact) mass is 354 g/mol. The van der Waals surface area contributed by atoms with Crippen LogP contribution in [0.3, 0.4) is 0 Å². The maximum absolute atomic E-state index is 12.1. The zero-order valence-electron chi connectivity index (χ0n) is 11.2. The number of hydrogen-bond acceptors (Lipinski definition) is 5. The first-order valence-electron chi connectivity index (χ1n) is 5.91. The van der Waals surface area contributed by atoms with Gasteiger partial charge in [-0.25, -0.2) is 13.1 Å². The number of sulfonamides is 1. The highest BCUT2D eigenvalue weighted by molar-refractivity contribution is 9.10. The third kappa shape index (κ3) is 4.88. The van der Waals surface area contributed by atoms with Gasteiger partial charge in [0.2, 0.25) is 10.0 Å². The number of hydrogen-bond donors (Lipinski definition) is 2. The number of furan rings is 1. The molecule has 0 bridgehead atoms. The second-order valence-corrected chi connectivity index (χ2v) is 6.51. The van der Waals surface area contributed by atoms with Gasteiger partial charge in [-0.2, -0.15) is 0 Å². The molecule has 0 amide bonds. The van der Waals surface area contributed by atoms with E-state index in [0.29, 0.717) is 18.9 Å². The Kier molecular flexibility index (Phi) is 6.48. The van der Waals surface area contributed by atoms with E-state index in [2.05, 4.69) is 26.0 Å². The van der Waals surface area contributed by atoms with E-state index in [0.717, 1.165) is 6.54 Å². The van der Waals surface area contributed by atoms with E-state index in [4.69, 9.17) is 9.15 Å². The normalized spacial score (nSPS) is 13.7. The van der Waals surface area contributed by atoms with Crippen LogP contribution in [0.4, 0.5) is 0 Å². The molecule has 8 heteroatoms. The number of ether oxygens (including phenoxy) is 1. The molecule has 1 atom stereocenters. The van der Waals surface area contributed by atoms with Crippen molar-refractivity contribution in [2.24, 2.45) is 0 Å². The van der Waals surface area contributed by atoms with Crippen LogP contribution >= 0.6 is 15.9 Å². The van der Waals surface area contributed by atoms with Gasteiger partial charge in [-0.05, 0) is 29.4 Å². The second-order valence-electron chi connectivity index (χ2n) is 4.11. The molecule has 0 aromatic carbocycles. The molecule has 2 N–H and O–H groups in total. The molecule has 0 fully saturated rings. The fourth-order valence-corrected chi connectivity index (χ4v) is 3.75. The molecule has 1 unspecified atom stereocenters. The summed E-state index contributed by atoms with van der Waals surface area (Å²) in [6.45, 7) is 5.26. The van der Waals surface area contributed by atoms with Gasteiger partial charge in [-0.1, -0.05) is 6.92 Å². The number of rotatable bonds is 8. The van der Waals surface area contributed by atoms with E-state index in [1.807, 2.05) is 6.92 Å². The molecule has 1 aromatic rings. The lowest BCUT2D eigenvalue weighted by Gasteiger charge is -2.12. The minimum absolute atomic E-state index is 0.100. The molecule has 0 aliphatic heterocycles. The van der Waals surface area contributed by atoms with Crippen LogP contribution in [0.25, 0.3) is 0 Å². The Morgan fingerprint density at radius 3 is 2.79 bits per heavy atom. The topological polar surface area (TPSA) is 80.6 Å². The predicted molar refractivity (Wildman–Crippen MR) is 75.4 cm³/mol. The van der Waals surface area contributed by atoms with Crippen molar-refractivity contribution in [3.8, 4) is 0 Å². The zero-order chi connectivity index (χ0) is 14.5. The molecule has 1 aromatic heterocycles. The highest BCUT2D eigenvalue weighted by Crippen LogP contribution is 2.26. The summed E-state index contributed by atoms with van der Waals surface area (Å²) < 4.78 is 37.3. The zero-order valence-corrected chi connectivity index (χ0v) is 13.6. The second kappa shape index (κ2) is 7.39. The number of nitrogens with one attached hydrogen (secondary N) is 2. The van der Waals surface area contributed by atoms with Crippen LogP contribution in [0.2, 0.25) is 0 Å². The maximum Gasteiger partial charge on any atom is 0.245 e. The average Bonchev–Trinajstić information content (AvgIpc) is 2.68. The quantitative estimate of drug-likeness (QED) is 0.738. The fourth-order valence-electron chi connectivity index (χ4n) is 1.53. The lowest BCUT2D eigenvalue weighted by atomic mass is 10.4. The molecule has 1 heterocycles. The molecule has 0 spiro atoms. The van der Waals surface area contributed by atoms with Crippen molar-refractivity contribution in [1.82, 2.24) is 10.0 Å². The summed E-state index contributed by atoms with van der Waals surface area (Å²) in [5.41, 5.74) is 0. The van der Waals surface area contributed by atoms with Crippen LogP contribution in [0.15, 0.2) is 20.0 Å². The molecule has 0 saturated carbocycles. The summed E-state index contributed by atoms with van der Waals surface area (Å²) >= 11 is 3.13. The molecule has 0 radical (unpaired) electrons. The summed E-state index contributed by atoms with van der Waals surface area (Å²) in [4.78, 5) is 0.100. The molecule has 19 heavy (non-hydrogen) atoms. The molecule has 0 aliphatic rings. The summed E-state index contributed by atoms with van der Waals surface area (Å²) in [5, 5.41) is 3.07. The van der Waals surface area contributed by atoms with E-state index in [1.165, 1.54) is 13.2 Å². The third-order valence-corrected chi connectivity index (χ3v) is 4.76. The summed E-state index contributed by atoms with van der Waals surface area (Å²) in [6, 6.07) is 1.20. The number of methoxy groups -OCH3 is 1. The van der Waals surface area contributed by atoms with Crippen molar-refractivity contribution >= 4 is 26.0 Å². The first-order valence-corrected chi connectivity index (χ1v) is 8.18. The van der Waals surface area contributed by atoms with Crippen LogP contribution in [-0.2, 0) is 21.3 Å². The lowest BCUT2D eigenvalue weighted by Crippen LogP contribution is -2.35. The SMILES string of the molecule is CCNCc1cc(S(=O)(=O)NC(C)COC)c(Br)o1. The van der Waals surface area contributed by atoms with Gasteiger partial charge in [0.1, 0.15) is 10.7 Å². The molecule has 110 valence electrons. The largest absolute Gasteiger partial charge is 0.452 e. The van der Waals surface area contributed by atoms with Gasteiger partial charge in [0, 0.05) is 19.2 Å². The van der Waals surface area contributed by atoms with E-state index in [1.54, 1.807) is 6.92 Å². The van der Waals surface area contributed by atoms with Crippen LogP contribution in [-0.4, -0.2) is 34.7 Å². The van der Waals surface area contributed by atoms with Gasteiger partial charge in [0.15, 0.2) is 4.67 Å². The van der Waals surface area contributed by atoms with Crippen LogP contribution in [0, 0.1) is 0 Å². The van der Waals surface area contributed by atoms with Gasteiger partial charge in [-0.3, -0.25) is 0 Å². The Bertz CT molecular complexity index is 501. The first kappa shape index (κ1) is 16.6. The minimum Gasteiger partial charge on any atom is -0.452 e. The van der Waals surface area contributed by atoms with Crippen molar-refractivity contribution in [2.45, 2.75) is 31.3 Å². The van der Waals surface area contributed by atoms with Gasteiger partial charge in [-0.15, -0.1) is 0 Å².